The normalized spacial score (nSPS) is 18.6. The number of nitrogens with two attached hydrogens (primary N) is 2. The van der Waals surface area contributed by atoms with E-state index in [0.717, 1.165) is 0 Å². The Bertz CT molecular complexity index is 2370. The molecule has 2 fully saturated rings. The van der Waals surface area contributed by atoms with E-state index in [-0.39, 0.29) is 124 Å². The number of phenols is 2. The Morgan fingerprint density at radius 2 is 0.727 bits per heavy atom. The Kier molecular flexibility index (Phi) is 34.1. The molecule has 2 heterocycles. The fourth-order valence-corrected chi connectivity index (χ4v) is 10.3. The van der Waals surface area contributed by atoms with Crippen LogP contribution < -0.4 is 85.9 Å². The van der Waals surface area contributed by atoms with Crippen molar-refractivity contribution < 1.29 is 58.2 Å². The lowest BCUT2D eigenvalue weighted by Gasteiger charge is -2.41. The summed E-state index contributed by atoms with van der Waals surface area (Å²) in [6.45, 7) is 4.68. The number of phenolic OH excluding ortho intramolecular Hbond substituents is 2. The molecule has 0 spiro atoms. The van der Waals surface area contributed by atoms with Gasteiger partial charge in [0.2, 0.25) is 59.1 Å². The number of thiol groups is 2. The molecule has 28 nitrogen and oxygen atoms in total. The number of amides is 10. The fraction of sp³-hybridized carbons (Fsp3) is 0.621. The first-order valence-corrected chi connectivity index (χ1v) is 31.5. The van der Waals surface area contributed by atoms with E-state index in [2.05, 4.69) is 99.7 Å². The lowest BCUT2D eigenvalue weighted by Crippen LogP contribution is -2.73. The van der Waals surface area contributed by atoms with E-state index in [1.165, 1.54) is 24.3 Å². The van der Waals surface area contributed by atoms with Gasteiger partial charge in [0.15, 0.2) is 0 Å². The van der Waals surface area contributed by atoms with Crippen molar-refractivity contribution in [1.29, 1.82) is 0 Å². The van der Waals surface area contributed by atoms with Crippen LogP contribution in [0.5, 0.6) is 11.5 Å². The number of carbonyl (C=O) groups is 10. The molecule has 2 aromatic carbocycles. The minimum absolute atomic E-state index is 0.00180. The zero-order chi connectivity index (χ0) is 64.2. The zero-order valence-electron chi connectivity index (χ0n) is 50.2. The molecule has 2 aromatic rings. The highest BCUT2D eigenvalue weighted by Crippen LogP contribution is 2.15. The molecule has 2 aliphatic rings. The lowest BCUT2D eigenvalue weighted by atomic mass is 10.0. The number of hydrogen-bond acceptors (Lipinski definition) is 20. The van der Waals surface area contributed by atoms with Gasteiger partial charge in [-0.05, 0) is 73.9 Å². The first-order chi connectivity index (χ1) is 42.2. The molecule has 0 aliphatic carbocycles. The van der Waals surface area contributed by atoms with Gasteiger partial charge in [-0.1, -0.05) is 37.1 Å². The average Bonchev–Trinajstić information content (AvgIpc) is 3.31. The van der Waals surface area contributed by atoms with Crippen LogP contribution in [-0.4, -0.2) is 195 Å². The van der Waals surface area contributed by atoms with Gasteiger partial charge in [-0.3, -0.25) is 58.6 Å². The maximum Gasteiger partial charge on any atom is 0.242 e. The van der Waals surface area contributed by atoms with E-state index >= 15 is 0 Å². The van der Waals surface area contributed by atoms with Crippen molar-refractivity contribution in [2.24, 2.45) is 11.5 Å². The Morgan fingerprint density at radius 1 is 0.420 bits per heavy atom. The molecule has 30 heteroatoms. The van der Waals surface area contributed by atoms with Crippen LogP contribution in [-0.2, 0) is 60.8 Å². The topological polar surface area (TPSA) is 432 Å². The molecule has 2 saturated heterocycles. The molecule has 10 amide bonds. The Hall–Kier alpha value is -6.80. The molecule has 0 radical (unpaired) electrons. The Morgan fingerprint density at radius 3 is 1.05 bits per heavy atom. The highest BCUT2D eigenvalue weighted by atomic mass is 32.1. The molecule has 0 aromatic heterocycles. The number of rotatable bonds is 36. The third kappa shape index (κ3) is 29.5. The standard InChI is InChI=1S/C58H94N16O12S2/c59-53(83)45(33-87)71-47(77)9-3-1-5-23-65-55(85)43(31-39-15-19-41(75)20-16-39)69-49(79)11-7-13-51(81)73-57-35-61-25-27-63-37-58(68-30-29-67-57,38-64-28-26-62-36-57)74-52(82)14-8-12-50(80)70-44(32-40-17-21-42(76)22-18-40)56(86)66-24-6-2-4-10-48(78)72-46(34-88)54(60)84/h15-22,43-46,61-64,67-68,75-76,87-88H,1-14,23-38H2,(H2,59,83)(H2,60,84)(H,65,85)(H,66,86)(H,69,79)(H,70,80)(H,71,77)(H,72,78)(H,73,81)(H,74,82)/t43-,44-,45-,46-,57-,58+/m0/s1. The number of benzene rings is 2. The largest absolute Gasteiger partial charge is 0.508 e. The highest BCUT2D eigenvalue weighted by Gasteiger charge is 2.35. The van der Waals surface area contributed by atoms with Crippen molar-refractivity contribution in [2.75, 3.05) is 90.0 Å². The lowest BCUT2D eigenvalue weighted by molar-refractivity contribution is -0.129. The van der Waals surface area contributed by atoms with E-state index in [0.29, 0.717) is 115 Å². The van der Waals surface area contributed by atoms with Gasteiger partial charge in [0, 0.05) is 141 Å². The van der Waals surface area contributed by atoms with E-state index in [1.807, 2.05) is 0 Å². The molecule has 4 atom stereocenters. The van der Waals surface area contributed by atoms with E-state index in [9.17, 15) is 58.2 Å². The molecule has 4 rings (SSSR count). The van der Waals surface area contributed by atoms with E-state index < -0.39 is 70.9 Å². The van der Waals surface area contributed by atoms with Gasteiger partial charge in [-0.25, -0.2) is 0 Å². The number of fused-ring (bicyclic) bond motifs is 5. The molecular weight excluding hydrogens is 1180 g/mol. The number of unbranched alkanes of at least 4 members (excludes halogenated alkanes) is 4. The van der Waals surface area contributed by atoms with Gasteiger partial charge in [0.25, 0.3) is 0 Å². The van der Waals surface area contributed by atoms with Crippen molar-refractivity contribution in [3.63, 3.8) is 0 Å². The van der Waals surface area contributed by atoms with Crippen molar-refractivity contribution in [1.82, 2.24) is 74.4 Å². The second-order valence-electron chi connectivity index (χ2n) is 22.1. The number of nitrogens with one attached hydrogen (secondary N) is 14. The van der Waals surface area contributed by atoms with Gasteiger partial charge < -0.3 is 85.5 Å². The molecule has 2 aliphatic heterocycles. The van der Waals surface area contributed by atoms with E-state index in [4.69, 9.17) is 11.5 Å². The van der Waals surface area contributed by atoms with Crippen LogP contribution in [0.4, 0.5) is 0 Å². The second kappa shape index (κ2) is 40.7. The number of carbonyl (C=O) groups excluding carboxylic acids is 10. The summed E-state index contributed by atoms with van der Waals surface area (Å²) in [5.74, 6) is -4.03. The monoisotopic (exact) mass is 1270 g/mol. The van der Waals surface area contributed by atoms with Gasteiger partial charge in [0.05, 0.1) is 0 Å². The zero-order valence-corrected chi connectivity index (χ0v) is 52.0. The summed E-state index contributed by atoms with van der Waals surface area (Å²) in [7, 11) is 0. The number of primary amides is 2. The molecule has 2 bridgehead atoms. The molecule has 0 saturated carbocycles. The molecular formula is C58H94N16O12S2. The summed E-state index contributed by atoms with van der Waals surface area (Å²) in [6.07, 6.45) is 4.20. The van der Waals surface area contributed by atoms with Crippen LogP contribution in [0.3, 0.4) is 0 Å². The summed E-state index contributed by atoms with van der Waals surface area (Å²) in [5, 5.41) is 63.2. The number of hydrogen-bond donors (Lipinski definition) is 20. The van der Waals surface area contributed by atoms with Crippen LogP contribution in [0.25, 0.3) is 0 Å². The smallest absolute Gasteiger partial charge is 0.242 e. The molecule has 88 heavy (non-hydrogen) atoms. The fourth-order valence-electron chi connectivity index (χ4n) is 9.76. The number of aromatic hydroxyl groups is 2. The molecule has 490 valence electrons. The first kappa shape index (κ1) is 73.7. The van der Waals surface area contributed by atoms with Crippen molar-refractivity contribution in [3.05, 3.63) is 59.7 Å². The summed E-state index contributed by atoms with van der Waals surface area (Å²) in [6, 6.07) is 8.97. The van der Waals surface area contributed by atoms with Gasteiger partial charge in [-0.2, -0.15) is 25.3 Å². The van der Waals surface area contributed by atoms with Crippen LogP contribution in [0.2, 0.25) is 0 Å². The van der Waals surface area contributed by atoms with Gasteiger partial charge >= 0.3 is 0 Å². The quantitative estimate of drug-likeness (QED) is 0.0233. The van der Waals surface area contributed by atoms with Crippen molar-refractivity contribution in [3.8, 4) is 11.5 Å². The predicted molar refractivity (Wildman–Crippen MR) is 337 cm³/mol. The van der Waals surface area contributed by atoms with Crippen molar-refractivity contribution >= 4 is 84.3 Å². The molecule has 0 unspecified atom stereocenters. The second-order valence-corrected chi connectivity index (χ2v) is 22.9. The SMILES string of the molecule is NC(=O)[C@H](CS)NC(=O)CCCCCNC(=O)[C@H](Cc1ccc(O)cc1)NC(=O)CCCC(=O)N[C@]12CNCCNC[C@](NC(=O)CCCC(=O)N[C@@H](Cc3ccc(O)cc3)C(=O)NCCCCCC(=O)N[C@@H](CS)C(N)=O)(CNCCNC1)NCCN2. The third-order valence-corrected chi connectivity index (χ3v) is 15.4. The predicted octanol–water partition coefficient (Wildman–Crippen LogP) is -3.46. The average molecular weight is 1270 g/mol. The van der Waals surface area contributed by atoms with Crippen LogP contribution in [0, 0.1) is 0 Å². The van der Waals surface area contributed by atoms with Crippen LogP contribution >= 0.6 is 25.3 Å². The van der Waals surface area contributed by atoms with Gasteiger partial charge in [-0.15, -0.1) is 0 Å². The van der Waals surface area contributed by atoms with Gasteiger partial charge in [0.1, 0.15) is 47.0 Å². The summed E-state index contributed by atoms with van der Waals surface area (Å²) in [4.78, 5) is 128. The Balaban J connectivity index is 1.26. The Labute approximate surface area is 525 Å². The maximum atomic E-state index is 13.8. The first-order valence-electron chi connectivity index (χ1n) is 30.3. The summed E-state index contributed by atoms with van der Waals surface area (Å²) < 4.78 is 0. The van der Waals surface area contributed by atoms with Crippen LogP contribution in [0.15, 0.2) is 48.5 Å². The third-order valence-electron chi connectivity index (χ3n) is 14.6. The molecule has 20 N–H and O–H groups in total. The minimum atomic E-state index is -0.969. The van der Waals surface area contributed by atoms with Crippen molar-refractivity contribution in [2.45, 2.75) is 138 Å². The summed E-state index contributed by atoms with van der Waals surface area (Å²) in [5.41, 5.74) is 10.0. The van der Waals surface area contributed by atoms with E-state index in [1.54, 1.807) is 24.3 Å². The summed E-state index contributed by atoms with van der Waals surface area (Å²) >= 11 is 8.07. The highest BCUT2D eigenvalue weighted by molar-refractivity contribution is 7.80. The van der Waals surface area contributed by atoms with Crippen LogP contribution in [0.1, 0.15) is 101 Å². The minimum Gasteiger partial charge on any atom is -0.508 e. The maximum absolute atomic E-state index is 13.8.